The van der Waals surface area contributed by atoms with E-state index in [-0.39, 0.29) is 75.5 Å². The van der Waals surface area contributed by atoms with Gasteiger partial charge in [0, 0.05) is 11.8 Å². The molecule has 55 heavy (non-hydrogen) atoms. The summed E-state index contributed by atoms with van der Waals surface area (Å²) in [5.74, 6) is -1.54. The van der Waals surface area contributed by atoms with Crippen LogP contribution in [0.4, 0.5) is 0 Å². The van der Waals surface area contributed by atoms with Gasteiger partial charge < -0.3 is 25.2 Å². The summed E-state index contributed by atoms with van der Waals surface area (Å²) in [7, 11) is 0. The highest BCUT2D eigenvalue weighted by molar-refractivity contribution is 6.03. The van der Waals surface area contributed by atoms with E-state index in [1.165, 1.54) is 0 Å². The molecule has 0 aromatic rings. The molecule has 0 bridgehead atoms. The lowest BCUT2D eigenvalue weighted by molar-refractivity contribution is -0.235. The van der Waals surface area contributed by atoms with Crippen LogP contribution in [0.1, 0.15) is 140 Å². The molecule has 10 nitrogen and oxygen atoms in total. The predicted octanol–water partition coefficient (Wildman–Crippen LogP) is 7.04. The van der Waals surface area contributed by atoms with E-state index in [9.17, 15) is 29.1 Å². The Balaban J connectivity index is 1.14. The number of fused-ring (bicyclic) bond motifs is 7. The minimum Gasteiger partial charge on any atom is -0.481 e. The van der Waals surface area contributed by atoms with Crippen molar-refractivity contribution >= 4 is 29.5 Å². The normalized spacial score (nSPS) is 41.8. The standard InChI is InChI=1S/C45H68N2O8/c1-24(2)33-29(48)21-45(47-38(53)41(7,8)46-35(49)25-22-54-23-25)19-18-43(10)26(34(33)45)12-13-31-42(9)16-15-32(40(5,6)30(42)14-17-44(31,43)11)55-37(52)28-20-27(36(50)51)39(28,3)4/h24-28,30-32H,12-23H2,1-11H3,(H,46,49)(H,47,53)(H,50,51)/t26-,27+,28-,30+,31-,32+,42+,43-,44-,45-/m1/s1. The second kappa shape index (κ2) is 12.9. The molecular formula is C45H68N2O8. The summed E-state index contributed by atoms with van der Waals surface area (Å²) in [6.45, 7) is 24.3. The van der Waals surface area contributed by atoms with Crippen LogP contribution in [0.3, 0.4) is 0 Å². The van der Waals surface area contributed by atoms with E-state index >= 15 is 0 Å². The third-order valence-corrected chi connectivity index (χ3v) is 17.8. The zero-order valence-electron chi connectivity index (χ0n) is 35.4. The second-order valence-electron chi connectivity index (χ2n) is 21.9. The summed E-state index contributed by atoms with van der Waals surface area (Å²) in [6, 6.07) is 0. The Hall–Kier alpha value is -2.75. The van der Waals surface area contributed by atoms with Crippen molar-refractivity contribution in [1.82, 2.24) is 10.6 Å². The molecule has 1 saturated heterocycles. The quantitative estimate of drug-likeness (QED) is 0.223. The van der Waals surface area contributed by atoms with Crippen molar-refractivity contribution in [3.05, 3.63) is 11.1 Å². The van der Waals surface area contributed by atoms with Crippen molar-refractivity contribution < 1.29 is 38.6 Å². The van der Waals surface area contributed by atoms with Gasteiger partial charge in [-0.05, 0) is 128 Å². The fourth-order valence-corrected chi connectivity index (χ4v) is 14.1. The zero-order valence-corrected chi connectivity index (χ0v) is 35.4. The van der Waals surface area contributed by atoms with Gasteiger partial charge in [-0.25, -0.2) is 0 Å². The van der Waals surface area contributed by atoms with E-state index in [1.807, 2.05) is 13.8 Å². The summed E-state index contributed by atoms with van der Waals surface area (Å²) in [5.41, 5.74) is -0.759. The molecule has 0 aromatic heterocycles. The number of ketones is 1. The van der Waals surface area contributed by atoms with E-state index in [0.29, 0.717) is 37.9 Å². The van der Waals surface area contributed by atoms with Gasteiger partial charge in [0.05, 0.1) is 36.5 Å². The Labute approximate surface area is 328 Å². The Morgan fingerprint density at radius 1 is 0.836 bits per heavy atom. The number of rotatable bonds is 8. The van der Waals surface area contributed by atoms with Crippen LogP contribution in [0.15, 0.2) is 11.1 Å². The smallest absolute Gasteiger partial charge is 0.309 e. The first kappa shape index (κ1) is 40.4. The second-order valence-corrected chi connectivity index (χ2v) is 21.9. The van der Waals surface area contributed by atoms with Crippen LogP contribution < -0.4 is 10.6 Å². The average molecular weight is 765 g/mol. The highest BCUT2D eigenvalue weighted by atomic mass is 16.5. The van der Waals surface area contributed by atoms with Crippen molar-refractivity contribution in [3.8, 4) is 0 Å². The minimum atomic E-state index is -1.15. The molecule has 6 aliphatic carbocycles. The van der Waals surface area contributed by atoms with Crippen molar-refractivity contribution in [2.24, 2.45) is 68.5 Å². The summed E-state index contributed by atoms with van der Waals surface area (Å²) in [4.78, 5) is 66.6. The van der Waals surface area contributed by atoms with Crippen LogP contribution >= 0.6 is 0 Å². The lowest BCUT2D eigenvalue weighted by Gasteiger charge is -2.72. The number of hydrogen-bond donors (Lipinski definition) is 3. The number of hydrogen-bond acceptors (Lipinski definition) is 7. The topological polar surface area (TPSA) is 148 Å². The molecule has 10 heteroatoms. The van der Waals surface area contributed by atoms with Gasteiger partial charge in [-0.15, -0.1) is 0 Å². The van der Waals surface area contributed by atoms with Gasteiger partial charge >= 0.3 is 11.9 Å². The first-order valence-corrected chi connectivity index (χ1v) is 21.3. The lowest BCUT2D eigenvalue weighted by Crippen LogP contribution is -2.68. The van der Waals surface area contributed by atoms with Gasteiger partial charge in [-0.2, -0.15) is 0 Å². The van der Waals surface area contributed by atoms with E-state index in [0.717, 1.165) is 56.1 Å². The molecule has 7 aliphatic rings. The number of amides is 2. The van der Waals surface area contributed by atoms with Crippen molar-refractivity contribution in [1.29, 1.82) is 0 Å². The van der Waals surface area contributed by atoms with Crippen LogP contribution in [-0.4, -0.2) is 65.0 Å². The third-order valence-electron chi connectivity index (χ3n) is 17.8. The van der Waals surface area contributed by atoms with E-state index < -0.39 is 34.3 Å². The molecule has 306 valence electrons. The molecule has 6 fully saturated rings. The van der Waals surface area contributed by atoms with Crippen LogP contribution in [0.2, 0.25) is 0 Å². The van der Waals surface area contributed by atoms with E-state index in [4.69, 9.17) is 9.47 Å². The summed E-state index contributed by atoms with van der Waals surface area (Å²) in [6.07, 6.45) is 7.82. The molecule has 0 unspecified atom stereocenters. The monoisotopic (exact) mass is 764 g/mol. The summed E-state index contributed by atoms with van der Waals surface area (Å²) in [5, 5.41) is 16.1. The summed E-state index contributed by atoms with van der Waals surface area (Å²) < 4.78 is 11.6. The molecule has 1 aliphatic heterocycles. The van der Waals surface area contributed by atoms with Crippen LogP contribution in [-0.2, 0) is 33.4 Å². The largest absolute Gasteiger partial charge is 0.481 e. The molecule has 1 heterocycles. The first-order valence-electron chi connectivity index (χ1n) is 21.3. The Bertz CT molecular complexity index is 1710. The van der Waals surface area contributed by atoms with Gasteiger partial charge in [0.15, 0.2) is 5.78 Å². The SMILES string of the molecule is CC(C)C1=C2[C@H]3CC[C@@H]4[C@@]5(C)CC[C@H](OC(=O)[C@H]6C[C@@H](C(=O)O)C6(C)C)C(C)(C)[C@@H]5CC[C@@]4(C)[C@]3(C)CC[C@@]2(NC(=O)C(C)(C)NC(=O)C2COC2)CC1=O. The molecule has 3 N–H and O–H groups in total. The highest BCUT2D eigenvalue weighted by Gasteiger charge is 2.71. The van der Waals surface area contributed by atoms with Gasteiger partial charge in [0.2, 0.25) is 11.8 Å². The van der Waals surface area contributed by atoms with Gasteiger partial charge in [0.25, 0.3) is 0 Å². The number of carboxylic acid groups (broad SMARTS) is 1. The number of carbonyl (C=O) groups excluding carboxylic acids is 4. The maximum atomic E-state index is 14.2. The fraction of sp³-hybridized carbons (Fsp3) is 0.844. The number of carboxylic acids is 1. The first-order chi connectivity index (χ1) is 25.4. The third kappa shape index (κ3) is 5.73. The number of carbonyl (C=O) groups is 5. The number of aliphatic carboxylic acids is 1. The number of Topliss-reactive ketones (excluding diaryl/α,β-unsaturated/α-hetero) is 1. The molecule has 2 amide bonds. The van der Waals surface area contributed by atoms with Gasteiger partial charge in [0.1, 0.15) is 11.6 Å². The minimum absolute atomic E-state index is 0.00244. The Morgan fingerprint density at radius 3 is 2.09 bits per heavy atom. The lowest BCUT2D eigenvalue weighted by atomic mass is 9.33. The number of ether oxygens (including phenoxy) is 2. The number of allylic oxidation sites excluding steroid dienone is 1. The van der Waals surface area contributed by atoms with E-state index in [2.05, 4.69) is 59.1 Å². The maximum absolute atomic E-state index is 14.2. The molecule has 0 aromatic carbocycles. The Kier molecular flexibility index (Phi) is 9.47. The number of esters is 1. The van der Waals surface area contributed by atoms with Crippen LogP contribution in [0.25, 0.3) is 0 Å². The molecule has 0 spiro atoms. The Morgan fingerprint density at radius 2 is 1.51 bits per heavy atom. The highest BCUT2D eigenvalue weighted by Crippen LogP contribution is 2.76. The molecule has 5 saturated carbocycles. The number of nitrogens with one attached hydrogen (secondary N) is 2. The van der Waals surface area contributed by atoms with Gasteiger partial charge in [-0.3, -0.25) is 24.0 Å². The maximum Gasteiger partial charge on any atom is 0.309 e. The zero-order chi connectivity index (χ0) is 40.5. The van der Waals surface area contributed by atoms with Gasteiger partial charge in [-0.1, -0.05) is 62.3 Å². The predicted molar refractivity (Wildman–Crippen MR) is 207 cm³/mol. The molecular weight excluding hydrogens is 697 g/mol. The van der Waals surface area contributed by atoms with Crippen LogP contribution in [0, 0.1) is 68.5 Å². The molecule has 7 rings (SSSR count). The fourth-order valence-electron chi connectivity index (χ4n) is 14.1. The van der Waals surface area contributed by atoms with Crippen molar-refractivity contribution in [2.75, 3.05) is 13.2 Å². The average Bonchev–Trinajstić information content (AvgIpc) is 3.32. The van der Waals surface area contributed by atoms with E-state index in [1.54, 1.807) is 13.8 Å². The molecule has 0 radical (unpaired) electrons. The van der Waals surface area contributed by atoms with Crippen molar-refractivity contribution in [2.45, 2.75) is 158 Å². The van der Waals surface area contributed by atoms with Crippen LogP contribution in [0.5, 0.6) is 0 Å². The molecule has 10 atom stereocenters. The summed E-state index contributed by atoms with van der Waals surface area (Å²) >= 11 is 0. The van der Waals surface area contributed by atoms with Crippen molar-refractivity contribution in [3.63, 3.8) is 0 Å².